The van der Waals surface area contributed by atoms with Gasteiger partial charge in [-0.25, -0.2) is 4.39 Å². The molecule has 0 bridgehead atoms. The highest BCUT2D eigenvalue weighted by atomic mass is 19.1. The van der Waals surface area contributed by atoms with Crippen LogP contribution in [0.3, 0.4) is 0 Å². The molecule has 5 heteroatoms. The molecule has 4 nitrogen and oxygen atoms in total. The number of benzene rings is 1. The predicted octanol–water partition coefficient (Wildman–Crippen LogP) is 2.85. The fourth-order valence-corrected chi connectivity index (χ4v) is 2.69. The van der Waals surface area contributed by atoms with Gasteiger partial charge in [0.25, 0.3) is 0 Å². The molecule has 1 aromatic carbocycles. The Morgan fingerprint density at radius 3 is 2.29 bits per heavy atom. The number of rotatable bonds is 3. The highest BCUT2D eigenvalue weighted by Gasteiger charge is 2.23. The molecular formula is C16H21FN2O2. The number of anilines is 1. The van der Waals surface area contributed by atoms with Crippen LogP contribution in [0.15, 0.2) is 24.3 Å². The Hall–Kier alpha value is -1.91. The number of carbonyl (C=O) groups excluding carboxylic acids is 2. The molecule has 0 aliphatic heterocycles. The van der Waals surface area contributed by atoms with Crippen molar-refractivity contribution in [3.63, 3.8) is 0 Å². The normalized spacial score (nSPS) is 21.6. The van der Waals surface area contributed by atoms with E-state index in [2.05, 4.69) is 17.6 Å². The largest absolute Gasteiger partial charge is 0.345 e. The van der Waals surface area contributed by atoms with Crippen LogP contribution >= 0.6 is 0 Å². The smallest absolute Gasteiger partial charge is 0.313 e. The maximum atomic E-state index is 12.8. The molecule has 1 aromatic rings. The molecule has 2 amide bonds. The van der Waals surface area contributed by atoms with Crippen LogP contribution in [0, 0.1) is 11.7 Å². The Morgan fingerprint density at radius 2 is 1.71 bits per heavy atom. The zero-order valence-electron chi connectivity index (χ0n) is 12.2. The molecule has 0 atom stereocenters. The SMILES string of the molecule is CCC1CCC(NC(=O)C(=O)Nc2ccc(F)cc2)CC1. The summed E-state index contributed by atoms with van der Waals surface area (Å²) in [4.78, 5) is 23.6. The van der Waals surface area contributed by atoms with Crippen molar-refractivity contribution in [1.82, 2.24) is 5.32 Å². The van der Waals surface area contributed by atoms with Gasteiger partial charge in [0, 0.05) is 11.7 Å². The average molecular weight is 292 g/mol. The summed E-state index contributed by atoms with van der Waals surface area (Å²) < 4.78 is 12.8. The lowest BCUT2D eigenvalue weighted by Crippen LogP contribution is -2.43. The molecule has 2 N–H and O–H groups in total. The number of carbonyl (C=O) groups is 2. The van der Waals surface area contributed by atoms with Crippen LogP contribution in [-0.2, 0) is 9.59 Å². The molecule has 0 heterocycles. The Balaban J connectivity index is 1.80. The first kappa shape index (κ1) is 15.5. The van der Waals surface area contributed by atoms with Gasteiger partial charge in [-0.2, -0.15) is 0 Å². The van der Waals surface area contributed by atoms with Crippen molar-refractivity contribution in [3.8, 4) is 0 Å². The fourth-order valence-electron chi connectivity index (χ4n) is 2.69. The lowest BCUT2D eigenvalue weighted by atomic mass is 9.84. The predicted molar refractivity (Wildman–Crippen MR) is 79.2 cm³/mol. The minimum atomic E-state index is -0.709. The Kier molecular flexibility index (Phi) is 5.31. The van der Waals surface area contributed by atoms with Gasteiger partial charge in [-0.15, -0.1) is 0 Å². The molecule has 1 aliphatic carbocycles. The second kappa shape index (κ2) is 7.20. The molecule has 21 heavy (non-hydrogen) atoms. The van der Waals surface area contributed by atoms with E-state index in [0.717, 1.165) is 31.6 Å². The molecule has 0 saturated heterocycles. The molecule has 0 aromatic heterocycles. The van der Waals surface area contributed by atoms with Gasteiger partial charge >= 0.3 is 11.8 Å². The average Bonchev–Trinajstić information content (AvgIpc) is 2.50. The van der Waals surface area contributed by atoms with E-state index in [1.54, 1.807) is 0 Å². The van der Waals surface area contributed by atoms with Crippen LogP contribution in [0.2, 0.25) is 0 Å². The van der Waals surface area contributed by atoms with E-state index in [1.807, 2.05) is 0 Å². The standard InChI is InChI=1S/C16H21FN2O2/c1-2-11-3-7-13(8-4-11)18-15(20)16(21)19-14-9-5-12(17)6-10-14/h5-6,9-11,13H,2-4,7-8H2,1H3,(H,18,20)(H,19,21). The minimum absolute atomic E-state index is 0.0827. The van der Waals surface area contributed by atoms with Crippen LogP contribution in [-0.4, -0.2) is 17.9 Å². The van der Waals surface area contributed by atoms with Gasteiger partial charge in [0.15, 0.2) is 0 Å². The quantitative estimate of drug-likeness (QED) is 0.842. The summed E-state index contributed by atoms with van der Waals surface area (Å²) in [5.41, 5.74) is 0.409. The van der Waals surface area contributed by atoms with E-state index in [0.29, 0.717) is 5.69 Å². The molecule has 1 aliphatic rings. The highest BCUT2D eigenvalue weighted by molar-refractivity contribution is 6.39. The number of hydrogen-bond donors (Lipinski definition) is 2. The second-order valence-electron chi connectivity index (χ2n) is 5.56. The first-order valence-corrected chi connectivity index (χ1v) is 7.46. The minimum Gasteiger partial charge on any atom is -0.345 e. The third-order valence-corrected chi connectivity index (χ3v) is 4.07. The second-order valence-corrected chi connectivity index (χ2v) is 5.56. The Bertz CT molecular complexity index is 494. The van der Waals surface area contributed by atoms with E-state index < -0.39 is 11.8 Å². The molecule has 2 rings (SSSR count). The van der Waals surface area contributed by atoms with Crippen LogP contribution in [0.4, 0.5) is 10.1 Å². The lowest BCUT2D eigenvalue weighted by Gasteiger charge is -2.28. The summed E-state index contributed by atoms with van der Waals surface area (Å²) in [5.74, 6) is -0.977. The van der Waals surface area contributed by atoms with Crippen LogP contribution in [0.1, 0.15) is 39.0 Å². The van der Waals surface area contributed by atoms with Gasteiger partial charge in [0.2, 0.25) is 0 Å². The highest BCUT2D eigenvalue weighted by Crippen LogP contribution is 2.26. The van der Waals surface area contributed by atoms with Crippen molar-refractivity contribution in [2.24, 2.45) is 5.92 Å². The van der Waals surface area contributed by atoms with Crippen molar-refractivity contribution < 1.29 is 14.0 Å². The number of halogens is 1. The van der Waals surface area contributed by atoms with Crippen molar-refractivity contribution in [1.29, 1.82) is 0 Å². The third-order valence-electron chi connectivity index (χ3n) is 4.07. The maximum absolute atomic E-state index is 12.8. The molecule has 114 valence electrons. The Morgan fingerprint density at radius 1 is 1.10 bits per heavy atom. The van der Waals surface area contributed by atoms with Crippen LogP contribution in [0.5, 0.6) is 0 Å². The van der Waals surface area contributed by atoms with Crippen molar-refractivity contribution in [3.05, 3.63) is 30.1 Å². The number of nitrogens with one attached hydrogen (secondary N) is 2. The zero-order chi connectivity index (χ0) is 15.2. The maximum Gasteiger partial charge on any atom is 0.313 e. The Labute approximate surface area is 124 Å². The zero-order valence-corrected chi connectivity index (χ0v) is 12.2. The summed E-state index contributed by atoms with van der Waals surface area (Å²) in [6.07, 6.45) is 5.22. The number of hydrogen-bond acceptors (Lipinski definition) is 2. The van der Waals surface area contributed by atoms with E-state index in [9.17, 15) is 14.0 Å². The lowest BCUT2D eigenvalue weighted by molar-refractivity contribution is -0.136. The van der Waals surface area contributed by atoms with Crippen LogP contribution < -0.4 is 10.6 Å². The summed E-state index contributed by atoms with van der Waals surface area (Å²) in [7, 11) is 0. The van der Waals surface area contributed by atoms with Crippen molar-refractivity contribution in [2.45, 2.75) is 45.1 Å². The van der Waals surface area contributed by atoms with Crippen molar-refractivity contribution in [2.75, 3.05) is 5.32 Å². The van der Waals surface area contributed by atoms with Crippen molar-refractivity contribution >= 4 is 17.5 Å². The van der Waals surface area contributed by atoms with Gasteiger partial charge in [-0.05, 0) is 55.9 Å². The summed E-state index contributed by atoms with van der Waals surface area (Å²) in [5, 5.41) is 5.23. The van der Waals surface area contributed by atoms with Gasteiger partial charge in [0.1, 0.15) is 5.82 Å². The molecule has 0 radical (unpaired) electrons. The summed E-state index contributed by atoms with van der Waals surface area (Å²) >= 11 is 0. The summed E-state index contributed by atoms with van der Waals surface area (Å²) in [6, 6.07) is 5.40. The monoisotopic (exact) mass is 292 g/mol. The topological polar surface area (TPSA) is 58.2 Å². The van der Waals surface area contributed by atoms with E-state index in [4.69, 9.17) is 0 Å². The van der Waals surface area contributed by atoms with Gasteiger partial charge in [-0.3, -0.25) is 9.59 Å². The van der Waals surface area contributed by atoms with E-state index in [1.165, 1.54) is 30.7 Å². The fraction of sp³-hybridized carbons (Fsp3) is 0.500. The molecule has 0 spiro atoms. The van der Waals surface area contributed by atoms with Crippen LogP contribution in [0.25, 0.3) is 0 Å². The molecule has 1 saturated carbocycles. The number of amides is 2. The third kappa shape index (κ3) is 4.55. The molecular weight excluding hydrogens is 271 g/mol. The first-order valence-electron chi connectivity index (χ1n) is 7.46. The van der Waals surface area contributed by atoms with Gasteiger partial charge < -0.3 is 10.6 Å². The molecule has 1 fully saturated rings. The molecule has 0 unspecified atom stereocenters. The van der Waals surface area contributed by atoms with Gasteiger partial charge in [0.05, 0.1) is 0 Å². The summed E-state index contributed by atoms with van der Waals surface area (Å²) in [6.45, 7) is 2.18. The first-order chi connectivity index (χ1) is 10.1. The van der Waals surface area contributed by atoms with Gasteiger partial charge in [-0.1, -0.05) is 13.3 Å². The van der Waals surface area contributed by atoms with E-state index >= 15 is 0 Å². The van der Waals surface area contributed by atoms with E-state index in [-0.39, 0.29) is 11.9 Å².